The molecule has 0 bridgehead atoms. The van der Waals surface area contributed by atoms with Gasteiger partial charge >= 0.3 is 5.69 Å². The third-order valence-electron chi connectivity index (χ3n) is 4.10. The van der Waals surface area contributed by atoms with E-state index in [0.717, 1.165) is 25.8 Å². The lowest BCUT2D eigenvalue weighted by Gasteiger charge is -2.32. The Bertz CT molecular complexity index is 561. The molecule has 0 atom stereocenters. The average molecular weight is 362 g/mol. The van der Waals surface area contributed by atoms with Gasteiger partial charge < -0.3 is 10.2 Å². The molecule has 1 heterocycles. The van der Waals surface area contributed by atoms with Gasteiger partial charge in [0.15, 0.2) is 0 Å². The molecule has 1 fully saturated rings. The summed E-state index contributed by atoms with van der Waals surface area (Å²) in [6.07, 6.45) is 2.96. The van der Waals surface area contributed by atoms with Gasteiger partial charge in [0.2, 0.25) is 0 Å². The summed E-state index contributed by atoms with van der Waals surface area (Å²) in [5.41, 5.74) is -0.224. The van der Waals surface area contributed by atoms with Crippen LogP contribution in [0.2, 0.25) is 5.02 Å². The zero-order valence-corrected chi connectivity index (χ0v) is 14.5. The summed E-state index contributed by atoms with van der Waals surface area (Å²) in [7, 11) is 1.93. The highest BCUT2D eigenvalue weighted by Gasteiger charge is 2.29. The Morgan fingerprint density at radius 3 is 2.65 bits per heavy atom. The van der Waals surface area contributed by atoms with Gasteiger partial charge in [-0.05, 0) is 50.9 Å². The lowest BCUT2D eigenvalue weighted by atomic mass is 9.93. The number of carbonyl (C=O) groups is 1. The number of hydrogen-bond donors (Lipinski definition) is 1. The summed E-state index contributed by atoms with van der Waals surface area (Å²) in [6.45, 7) is 2.24. The Labute approximate surface area is 146 Å². The minimum absolute atomic E-state index is 0. The van der Waals surface area contributed by atoms with Gasteiger partial charge in [0, 0.05) is 13.1 Å². The van der Waals surface area contributed by atoms with Crippen molar-refractivity contribution in [2.24, 2.45) is 5.92 Å². The zero-order chi connectivity index (χ0) is 16.1. The quantitative estimate of drug-likeness (QED) is 0.645. The Morgan fingerprint density at radius 2 is 2.09 bits per heavy atom. The third kappa shape index (κ3) is 4.80. The van der Waals surface area contributed by atoms with Crippen LogP contribution in [0.15, 0.2) is 18.2 Å². The van der Waals surface area contributed by atoms with Gasteiger partial charge in [-0.3, -0.25) is 14.9 Å². The fourth-order valence-corrected chi connectivity index (χ4v) is 3.06. The van der Waals surface area contributed by atoms with Crippen molar-refractivity contribution in [2.45, 2.75) is 19.3 Å². The van der Waals surface area contributed by atoms with Crippen LogP contribution in [0.1, 0.15) is 29.6 Å². The van der Waals surface area contributed by atoms with Gasteiger partial charge in [-0.25, -0.2) is 0 Å². The van der Waals surface area contributed by atoms with Crippen LogP contribution >= 0.6 is 24.0 Å². The molecule has 128 valence electrons. The zero-order valence-electron chi connectivity index (χ0n) is 13.0. The number of likely N-dealkylation sites (tertiary alicyclic amines) is 1. The SMILES string of the molecule is CNCCC1CCN(C(=O)c2cccc(Cl)c2[N+](=O)[O-])CC1.Cl. The Balaban J connectivity index is 0.00000264. The molecule has 1 aromatic rings. The summed E-state index contributed by atoms with van der Waals surface area (Å²) in [5, 5.41) is 14.3. The van der Waals surface area contributed by atoms with Gasteiger partial charge in [0.05, 0.1) is 4.92 Å². The van der Waals surface area contributed by atoms with E-state index < -0.39 is 4.92 Å². The van der Waals surface area contributed by atoms with Gasteiger partial charge in [-0.2, -0.15) is 0 Å². The number of nitro benzene ring substituents is 1. The molecule has 6 nitrogen and oxygen atoms in total. The van der Waals surface area contributed by atoms with Gasteiger partial charge in [0.25, 0.3) is 5.91 Å². The number of nitrogens with one attached hydrogen (secondary N) is 1. The number of carbonyl (C=O) groups excluding carboxylic acids is 1. The molecule has 0 radical (unpaired) electrons. The average Bonchev–Trinajstić information content (AvgIpc) is 2.52. The van der Waals surface area contributed by atoms with Crippen LogP contribution in [0.5, 0.6) is 0 Å². The summed E-state index contributed by atoms with van der Waals surface area (Å²) in [4.78, 5) is 24.8. The number of hydrogen-bond acceptors (Lipinski definition) is 4. The fraction of sp³-hybridized carbons (Fsp3) is 0.533. The second-order valence-electron chi connectivity index (χ2n) is 5.52. The first-order valence-corrected chi connectivity index (χ1v) is 7.79. The van der Waals surface area contributed by atoms with Gasteiger partial charge in [0.1, 0.15) is 10.6 Å². The van der Waals surface area contributed by atoms with Crippen molar-refractivity contribution in [3.05, 3.63) is 38.9 Å². The normalized spacial score (nSPS) is 15.1. The molecule has 2 rings (SSSR count). The molecular weight excluding hydrogens is 341 g/mol. The predicted molar refractivity (Wildman–Crippen MR) is 92.5 cm³/mol. The lowest BCUT2D eigenvalue weighted by molar-refractivity contribution is -0.385. The molecule has 1 amide bonds. The summed E-state index contributed by atoms with van der Waals surface area (Å²) < 4.78 is 0. The number of benzene rings is 1. The van der Waals surface area contributed by atoms with E-state index in [2.05, 4.69) is 5.32 Å². The monoisotopic (exact) mass is 361 g/mol. The number of amides is 1. The van der Waals surface area contributed by atoms with E-state index in [4.69, 9.17) is 11.6 Å². The van der Waals surface area contributed by atoms with Gasteiger partial charge in [-0.15, -0.1) is 12.4 Å². The van der Waals surface area contributed by atoms with Crippen molar-refractivity contribution >= 4 is 35.6 Å². The molecular formula is C15H21Cl2N3O3. The highest BCUT2D eigenvalue weighted by atomic mass is 35.5. The van der Waals surface area contributed by atoms with Crippen LogP contribution in [-0.4, -0.2) is 42.4 Å². The Hall–Kier alpha value is -1.37. The van der Waals surface area contributed by atoms with E-state index in [9.17, 15) is 14.9 Å². The molecule has 1 N–H and O–H groups in total. The first kappa shape index (κ1) is 19.7. The molecule has 1 saturated heterocycles. The van der Waals surface area contributed by atoms with E-state index in [0.29, 0.717) is 19.0 Å². The number of rotatable bonds is 5. The molecule has 1 aliphatic rings. The van der Waals surface area contributed by atoms with Crippen molar-refractivity contribution in [3.8, 4) is 0 Å². The van der Waals surface area contributed by atoms with Crippen LogP contribution in [0.25, 0.3) is 0 Å². The maximum absolute atomic E-state index is 12.5. The first-order chi connectivity index (χ1) is 10.5. The molecule has 0 saturated carbocycles. The number of nitrogens with zero attached hydrogens (tertiary/aromatic N) is 2. The maximum atomic E-state index is 12.5. The largest absolute Gasteiger partial charge is 0.338 e. The van der Waals surface area contributed by atoms with Crippen LogP contribution in [0.3, 0.4) is 0 Å². The molecule has 0 aromatic heterocycles. The number of halogens is 2. The van der Waals surface area contributed by atoms with E-state index in [1.165, 1.54) is 12.1 Å². The second-order valence-corrected chi connectivity index (χ2v) is 5.93. The van der Waals surface area contributed by atoms with E-state index in [1.807, 2.05) is 7.05 Å². The molecule has 23 heavy (non-hydrogen) atoms. The Morgan fingerprint density at radius 1 is 1.43 bits per heavy atom. The van der Waals surface area contributed by atoms with E-state index in [1.54, 1.807) is 11.0 Å². The van der Waals surface area contributed by atoms with E-state index in [-0.39, 0.29) is 34.6 Å². The molecule has 1 aliphatic heterocycles. The molecule has 0 unspecified atom stereocenters. The summed E-state index contributed by atoms with van der Waals surface area (Å²) in [5.74, 6) is 0.298. The van der Waals surface area contributed by atoms with Gasteiger partial charge in [-0.1, -0.05) is 17.7 Å². The summed E-state index contributed by atoms with van der Waals surface area (Å²) >= 11 is 5.87. The predicted octanol–water partition coefficient (Wildman–Crippen LogP) is 3.13. The van der Waals surface area contributed by atoms with Crippen LogP contribution < -0.4 is 5.32 Å². The smallest absolute Gasteiger partial charge is 0.300 e. The highest BCUT2D eigenvalue weighted by molar-refractivity contribution is 6.33. The summed E-state index contributed by atoms with van der Waals surface area (Å²) in [6, 6.07) is 4.47. The second kappa shape index (κ2) is 9.05. The van der Waals surface area contributed by atoms with Crippen molar-refractivity contribution in [1.29, 1.82) is 0 Å². The highest BCUT2D eigenvalue weighted by Crippen LogP contribution is 2.30. The maximum Gasteiger partial charge on any atom is 0.300 e. The van der Waals surface area contributed by atoms with Crippen molar-refractivity contribution in [3.63, 3.8) is 0 Å². The van der Waals surface area contributed by atoms with Crippen molar-refractivity contribution in [1.82, 2.24) is 10.2 Å². The van der Waals surface area contributed by atoms with Crippen LogP contribution in [-0.2, 0) is 0 Å². The van der Waals surface area contributed by atoms with E-state index >= 15 is 0 Å². The first-order valence-electron chi connectivity index (χ1n) is 7.41. The molecule has 0 spiro atoms. The topological polar surface area (TPSA) is 75.5 Å². The lowest BCUT2D eigenvalue weighted by Crippen LogP contribution is -2.39. The number of piperidine rings is 1. The van der Waals surface area contributed by atoms with Crippen LogP contribution in [0, 0.1) is 16.0 Å². The fourth-order valence-electron chi connectivity index (χ4n) is 2.82. The standard InChI is InChI=1S/C15H20ClN3O3.ClH/c1-17-8-5-11-6-9-18(10-7-11)15(20)12-3-2-4-13(16)14(12)19(21)22;/h2-4,11,17H,5-10H2,1H3;1H. The molecule has 8 heteroatoms. The van der Waals surface area contributed by atoms with Crippen molar-refractivity contribution < 1.29 is 9.72 Å². The minimum Gasteiger partial charge on any atom is -0.338 e. The van der Waals surface area contributed by atoms with Crippen molar-refractivity contribution in [2.75, 3.05) is 26.7 Å². The number of nitro groups is 1. The number of para-hydroxylation sites is 1. The molecule has 1 aromatic carbocycles. The molecule has 0 aliphatic carbocycles. The van der Waals surface area contributed by atoms with Crippen LogP contribution in [0.4, 0.5) is 5.69 Å². The Kier molecular flexibility index (Phi) is 7.75. The minimum atomic E-state index is -0.588. The third-order valence-corrected chi connectivity index (χ3v) is 4.41.